The summed E-state index contributed by atoms with van der Waals surface area (Å²) in [5.74, 6) is 0.531. The lowest BCUT2D eigenvalue weighted by Crippen LogP contribution is -2.55. The number of fused-ring (bicyclic) bond motifs is 1. The van der Waals surface area contributed by atoms with Crippen molar-refractivity contribution in [2.45, 2.75) is 104 Å². The number of rotatable bonds is 6. The molecule has 1 aromatic rings. The molecule has 1 N–H and O–H groups in total. The van der Waals surface area contributed by atoms with Crippen LogP contribution in [0, 0.1) is 6.57 Å². The number of hydrogen-bond donors (Lipinski definition) is 1. The third-order valence-electron chi connectivity index (χ3n) is 8.91. The zero-order valence-corrected chi connectivity index (χ0v) is 28.4. The number of benzene rings is 1. The van der Waals surface area contributed by atoms with Gasteiger partial charge >= 0.3 is 0 Å². The number of nitrogens with zero attached hydrogens (tertiary/aromatic N) is 3. The van der Waals surface area contributed by atoms with Crippen LogP contribution in [0.4, 0.5) is 0 Å². The van der Waals surface area contributed by atoms with E-state index in [0.717, 1.165) is 32.5 Å². The standard InChI is InChI=1S/C35H47N3O4Si/c1-33(2,3)37(39)32(42-40)27-25-22-18-14-17-21-24(25)26(31(27)43(11,12)35(7,8)9)29-28(36-10)30(23-19-15-13-16-20-23)41-38(29)34(4,5)6/h13-22,29,32,39-40H,1-9,11-12H3/p-1. The summed E-state index contributed by atoms with van der Waals surface area (Å²) in [6.45, 7) is 31.5. The van der Waals surface area contributed by atoms with Gasteiger partial charge in [0.2, 0.25) is 5.70 Å². The summed E-state index contributed by atoms with van der Waals surface area (Å²) in [5, 5.41) is 28.0. The molecule has 0 bridgehead atoms. The van der Waals surface area contributed by atoms with E-state index in [1.165, 1.54) is 0 Å². The van der Waals surface area contributed by atoms with Crippen molar-refractivity contribution in [3.63, 3.8) is 0 Å². The molecular formula is C35H46N3O4Si-. The first kappa shape index (κ1) is 32.9. The van der Waals surface area contributed by atoms with Gasteiger partial charge in [-0.2, -0.15) is 5.06 Å². The van der Waals surface area contributed by atoms with Crippen molar-refractivity contribution in [1.82, 2.24) is 10.1 Å². The van der Waals surface area contributed by atoms with Crippen LogP contribution in [0.5, 0.6) is 0 Å². The smallest absolute Gasteiger partial charge is 0.234 e. The fraction of sp³-hybridized carbons (Fsp3) is 0.457. The van der Waals surface area contributed by atoms with E-state index in [2.05, 4.69) is 59.5 Å². The lowest BCUT2D eigenvalue weighted by atomic mass is 9.96. The van der Waals surface area contributed by atoms with Crippen molar-refractivity contribution < 1.29 is 20.2 Å². The summed E-state index contributed by atoms with van der Waals surface area (Å²) in [6.07, 6.45) is -1.28. The summed E-state index contributed by atoms with van der Waals surface area (Å²) in [6, 6.07) is 19.1. The van der Waals surface area contributed by atoms with Crippen LogP contribution in [0.25, 0.3) is 21.7 Å². The second kappa shape index (κ2) is 11.5. The predicted molar refractivity (Wildman–Crippen MR) is 172 cm³/mol. The first-order valence-corrected chi connectivity index (χ1v) is 17.8. The van der Waals surface area contributed by atoms with Crippen LogP contribution < -0.4 is 10.4 Å². The molecule has 1 aliphatic heterocycles. The molecule has 3 aliphatic rings. The molecule has 0 saturated carbocycles. The Morgan fingerprint density at radius 3 is 1.93 bits per heavy atom. The van der Waals surface area contributed by atoms with Gasteiger partial charge in [0.05, 0.1) is 14.6 Å². The lowest BCUT2D eigenvalue weighted by molar-refractivity contribution is -0.720. The van der Waals surface area contributed by atoms with E-state index in [1.54, 1.807) is 0 Å². The van der Waals surface area contributed by atoms with Gasteiger partial charge in [-0.3, -0.25) is 0 Å². The van der Waals surface area contributed by atoms with E-state index in [9.17, 15) is 10.5 Å². The quantitative estimate of drug-likeness (QED) is 0.103. The van der Waals surface area contributed by atoms with Crippen molar-refractivity contribution in [2.24, 2.45) is 0 Å². The molecule has 0 saturated heterocycles. The zero-order chi connectivity index (χ0) is 32.1. The minimum Gasteiger partial charge on any atom is -0.722 e. The fourth-order valence-corrected chi connectivity index (χ4v) is 8.32. The Bertz CT molecular complexity index is 1510. The molecule has 0 spiro atoms. The maximum atomic E-state index is 12.7. The molecule has 0 aromatic heterocycles. The summed E-state index contributed by atoms with van der Waals surface area (Å²) in [5.41, 5.74) is 3.36. The maximum Gasteiger partial charge on any atom is 0.234 e. The van der Waals surface area contributed by atoms with E-state index in [1.807, 2.05) is 86.5 Å². The van der Waals surface area contributed by atoms with Crippen LogP contribution in [0.15, 0.2) is 66.4 Å². The highest BCUT2D eigenvalue weighted by atomic mass is 28.3. The molecule has 43 heavy (non-hydrogen) atoms. The van der Waals surface area contributed by atoms with E-state index in [0.29, 0.717) is 17.0 Å². The van der Waals surface area contributed by atoms with Crippen LogP contribution in [-0.2, 0) is 9.73 Å². The molecule has 0 fully saturated rings. The van der Waals surface area contributed by atoms with Crippen LogP contribution in [0.2, 0.25) is 18.1 Å². The Hall–Kier alpha value is -3.03. The highest BCUT2D eigenvalue weighted by molar-refractivity contribution is 6.93. The van der Waals surface area contributed by atoms with Gasteiger partial charge in [0.1, 0.15) is 12.3 Å². The molecular weight excluding hydrogens is 554 g/mol. The van der Waals surface area contributed by atoms with Gasteiger partial charge in [0.25, 0.3) is 0 Å². The van der Waals surface area contributed by atoms with Crippen molar-refractivity contribution in [1.29, 1.82) is 0 Å². The summed E-state index contributed by atoms with van der Waals surface area (Å²) < 4.78 is 0. The minimum absolute atomic E-state index is 0.158. The van der Waals surface area contributed by atoms with Crippen LogP contribution in [0.1, 0.15) is 91.3 Å². The third kappa shape index (κ3) is 5.78. The highest BCUT2D eigenvalue weighted by Gasteiger charge is 2.52. The predicted octanol–water partition coefficient (Wildman–Crippen LogP) is 7.66. The minimum atomic E-state index is -2.53. The van der Waals surface area contributed by atoms with E-state index in [-0.39, 0.29) is 5.04 Å². The van der Waals surface area contributed by atoms with Gasteiger partial charge in [-0.1, -0.05) is 94.5 Å². The zero-order valence-electron chi connectivity index (χ0n) is 27.4. The number of hydroxylamine groups is 4. The lowest BCUT2D eigenvalue weighted by Gasteiger charge is -2.44. The monoisotopic (exact) mass is 600 g/mol. The second-order valence-corrected chi connectivity index (χ2v) is 20.2. The van der Waals surface area contributed by atoms with Crippen molar-refractivity contribution in [2.75, 3.05) is 0 Å². The van der Waals surface area contributed by atoms with E-state index in [4.69, 9.17) is 16.3 Å². The first-order valence-electron chi connectivity index (χ1n) is 14.8. The molecule has 2 aliphatic carbocycles. The summed E-state index contributed by atoms with van der Waals surface area (Å²) in [4.78, 5) is 15.8. The molecule has 4 rings (SSSR count). The van der Waals surface area contributed by atoms with Gasteiger partial charge in [0.15, 0.2) is 5.76 Å². The fourth-order valence-electron chi connectivity index (χ4n) is 5.70. The van der Waals surface area contributed by atoms with Crippen molar-refractivity contribution in [3.05, 3.63) is 94.5 Å². The molecule has 7 nitrogen and oxygen atoms in total. The van der Waals surface area contributed by atoms with Crippen molar-refractivity contribution in [3.8, 4) is 11.1 Å². The Labute approximate surface area is 258 Å². The highest BCUT2D eigenvalue weighted by Crippen LogP contribution is 2.53. The van der Waals surface area contributed by atoms with Gasteiger partial charge in [-0.15, -0.1) is 5.06 Å². The summed E-state index contributed by atoms with van der Waals surface area (Å²) >= 11 is 0. The maximum absolute atomic E-state index is 12.7. The normalized spacial score (nSPS) is 17.8. The first-order chi connectivity index (χ1) is 19.9. The average Bonchev–Trinajstić information content (AvgIpc) is 3.34. The molecule has 0 radical (unpaired) electrons. The SMILES string of the molecule is [C-]#[N+]C1=C(c2ccccc2)ON(C(C)(C)C)C1c1c2cccccc-2c(C(O[O-])N(O)C(C)(C)C)c1[Si](C)(C)C(C)(C)C. The van der Waals surface area contributed by atoms with Gasteiger partial charge < -0.3 is 20.2 Å². The molecule has 1 aromatic carbocycles. The van der Waals surface area contributed by atoms with E-state index >= 15 is 0 Å². The Kier molecular flexibility index (Phi) is 8.77. The molecule has 230 valence electrons. The van der Waals surface area contributed by atoms with Gasteiger partial charge in [-0.05, 0) is 68.5 Å². The van der Waals surface area contributed by atoms with Gasteiger partial charge in [-0.25, -0.2) is 4.85 Å². The van der Waals surface area contributed by atoms with Crippen LogP contribution in [0.3, 0.4) is 0 Å². The topological polar surface area (TPSA) is 72.6 Å². The van der Waals surface area contributed by atoms with Gasteiger partial charge in [0, 0.05) is 22.2 Å². The Morgan fingerprint density at radius 2 is 1.47 bits per heavy atom. The summed E-state index contributed by atoms with van der Waals surface area (Å²) in [7, 11) is -2.53. The van der Waals surface area contributed by atoms with Crippen molar-refractivity contribution >= 4 is 19.0 Å². The largest absolute Gasteiger partial charge is 0.722 e. The molecule has 1 heterocycles. The van der Waals surface area contributed by atoms with E-state index < -0.39 is 31.4 Å². The molecule has 8 heteroatoms. The Balaban J connectivity index is 2.24. The number of hydrogen-bond acceptors (Lipinski definition) is 6. The third-order valence-corrected chi connectivity index (χ3v) is 14.5. The van der Waals surface area contributed by atoms with Crippen LogP contribution >= 0.6 is 0 Å². The van der Waals surface area contributed by atoms with Crippen LogP contribution in [-0.4, -0.2) is 34.5 Å². The molecule has 2 atom stereocenters. The second-order valence-electron chi connectivity index (χ2n) is 15.0. The molecule has 0 amide bonds. The Morgan fingerprint density at radius 1 is 0.930 bits per heavy atom. The molecule has 2 unspecified atom stereocenters. The average molecular weight is 601 g/mol.